The van der Waals surface area contributed by atoms with Gasteiger partial charge < -0.3 is 24.1 Å². The lowest BCUT2D eigenvalue weighted by molar-refractivity contribution is 0.0179. The molecule has 0 saturated heterocycles. The Morgan fingerprint density at radius 1 is 0.606 bits per heavy atom. The lowest BCUT2D eigenvalue weighted by Gasteiger charge is -2.10. The van der Waals surface area contributed by atoms with Gasteiger partial charge in [0.2, 0.25) is 0 Å². The molecule has 0 unspecified atom stereocenters. The SMILES string of the molecule is CCCCCCCCCCCCCCCc1cc(O)cc(OCCOCCOCCOC)c1. The molecule has 0 aromatic heterocycles. The molecule has 0 aliphatic carbocycles. The summed E-state index contributed by atoms with van der Waals surface area (Å²) in [6, 6.07) is 5.55. The van der Waals surface area contributed by atoms with E-state index in [2.05, 4.69) is 6.92 Å². The van der Waals surface area contributed by atoms with Gasteiger partial charge in [-0.3, -0.25) is 0 Å². The molecule has 0 amide bonds. The van der Waals surface area contributed by atoms with E-state index in [1.54, 1.807) is 13.2 Å². The number of benzene rings is 1. The first kappa shape index (κ1) is 29.7. The average Bonchev–Trinajstić information content (AvgIpc) is 2.80. The molecule has 0 aliphatic rings. The number of aromatic hydroxyl groups is 1. The number of hydrogen-bond acceptors (Lipinski definition) is 5. The van der Waals surface area contributed by atoms with E-state index in [0.717, 1.165) is 18.4 Å². The van der Waals surface area contributed by atoms with Crippen molar-refractivity contribution in [2.45, 2.75) is 96.8 Å². The molecule has 1 aromatic rings. The van der Waals surface area contributed by atoms with E-state index in [0.29, 0.717) is 45.4 Å². The molecule has 0 heterocycles. The second kappa shape index (κ2) is 22.5. The van der Waals surface area contributed by atoms with E-state index in [-0.39, 0.29) is 5.75 Å². The van der Waals surface area contributed by atoms with Crippen LogP contribution in [0, 0.1) is 0 Å². The number of unbranched alkanes of at least 4 members (excludes halogenated alkanes) is 12. The molecule has 5 heteroatoms. The van der Waals surface area contributed by atoms with Crippen LogP contribution in [-0.2, 0) is 20.6 Å². The van der Waals surface area contributed by atoms with Crippen molar-refractivity contribution < 1.29 is 24.1 Å². The lowest BCUT2D eigenvalue weighted by Crippen LogP contribution is -2.12. The molecule has 0 atom stereocenters. The highest BCUT2D eigenvalue weighted by molar-refractivity contribution is 5.37. The summed E-state index contributed by atoms with van der Waals surface area (Å²) in [5.41, 5.74) is 1.14. The minimum absolute atomic E-state index is 0.268. The zero-order chi connectivity index (χ0) is 23.8. The third-order valence-electron chi connectivity index (χ3n) is 5.82. The predicted octanol–water partition coefficient (Wildman–Crippen LogP) is 7.08. The van der Waals surface area contributed by atoms with Gasteiger partial charge in [-0.2, -0.15) is 0 Å². The number of phenolic OH excluding ortho intramolecular Hbond substituents is 1. The maximum absolute atomic E-state index is 10.0. The summed E-state index contributed by atoms with van der Waals surface area (Å²) in [5, 5.41) is 10.0. The van der Waals surface area contributed by atoms with Crippen molar-refractivity contribution >= 4 is 0 Å². The molecular weight excluding hydrogens is 416 g/mol. The van der Waals surface area contributed by atoms with Gasteiger partial charge in [0.05, 0.1) is 33.0 Å². The highest BCUT2D eigenvalue weighted by Crippen LogP contribution is 2.23. The van der Waals surface area contributed by atoms with Gasteiger partial charge in [0.1, 0.15) is 18.1 Å². The van der Waals surface area contributed by atoms with Gasteiger partial charge in [0, 0.05) is 13.2 Å². The van der Waals surface area contributed by atoms with Crippen LogP contribution in [0.15, 0.2) is 18.2 Å². The van der Waals surface area contributed by atoms with E-state index >= 15 is 0 Å². The van der Waals surface area contributed by atoms with Crippen LogP contribution in [0.5, 0.6) is 11.5 Å². The number of aryl methyl sites for hydroxylation is 1. The number of ether oxygens (including phenoxy) is 4. The first-order valence-electron chi connectivity index (χ1n) is 13.4. The Bertz CT molecular complexity index is 549. The molecule has 0 saturated carbocycles. The van der Waals surface area contributed by atoms with Crippen molar-refractivity contribution in [1.29, 1.82) is 0 Å². The molecule has 0 aliphatic heterocycles. The van der Waals surface area contributed by atoms with Crippen LogP contribution in [0.25, 0.3) is 0 Å². The van der Waals surface area contributed by atoms with Crippen molar-refractivity contribution in [3.8, 4) is 11.5 Å². The molecule has 0 radical (unpaired) electrons. The maximum atomic E-state index is 10.0. The molecule has 192 valence electrons. The van der Waals surface area contributed by atoms with Crippen LogP contribution < -0.4 is 4.74 Å². The minimum Gasteiger partial charge on any atom is -0.508 e. The van der Waals surface area contributed by atoms with Crippen molar-refractivity contribution in [3.63, 3.8) is 0 Å². The van der Waals surface area contributed by atoms with Crippen LogP contribution in [0.3, 0.4) is 0 Å². The third-order valence-corrected chi connectivity index (χ3v) is 5.82. The average molecular weight is 467 g/mol. The van der Waals surface area contributed by atoms with Crippen molar-refractivity contribution in [3.05, 3.63) is 23.8 Å². The zero-order valence-electron chi connectivity index (χ0n) is 21.5. The summed E-state index contributed by atoms with van der Waals surface area (Å²) >= 11 is 0. The largest absolute Gasteiger partial charge is 0.508 e. The minimum atomic E-state index is 0.268. The van der Waals surface area contributed by atoms with Crippen LogP contribution in [0.4, 0.5) is 0 Å². The number of rotatable bonds is 24. The van der Waals surface area contributed by atoms with E-state index in [4.69, 9.17) is 18.9 Å². The number of hydrogen-bond donors (Lipinski definition) is 1. The quantitative estimate of drug-likeness (QED) is 0.165. The molecule has 33 heavy (non-hydrogen) atoms. The lowest BCUT2D eigenvalue weighted by atomic mass is 10.0. The summed E-state index contributed by atoms with van der Waals surface area (Å²) in [6.07, 6.45) is 18.7. The first-order valence-corrected chi connectivity index (χ1v) is 13.4. The van der Waals surface area contributed by atoms with Crippen LogP contribution >= 0.6 is 0 Å². The highest BCUT2D eigenvalue weighted by atomic mass is 16.6. The molecular formula is C28H50O5. The fourth-order valence-corrected chi connectivity index (χ4v) is 3.90. The van der Waals surface area contributed by atoms with E-state index < -0.39 is 0 Å². The van der Waals surface area contributed by atoms with Gasteiger partial charge in [-0.05, 0) is 30.5 Å². The second-order valence-corrected chi connectivity index (χ2v) is 8.89. The summed E-state index contributed by atoms with van der Waals surface area (Å²) in [6.45, 7) is 5.51. The smallest absolute Gasteiger partial charge is 0.123 e. The molecule has 1 rings (SSSR count). The van der Waals surface area contributed by atoms with E-state index in [1.807, 2.05) is 12.1 Å². The normalized spacial score (nSPS) is 11.2. The number of phenols is 1. The fraction of sp³-hybridized carbons (Fsp3) is 0.786. The molecule has 1 aromatic carbocycles. The summed E-state index contributed by atoms with van der Waals surface area (Å²) < 4.78 is 21.5. The van der Waals surface area contributed by atoms with Gasteiger partial charge in [-0.15, -0.1) is 0 Å². The van der Waals surface area contributed by atoms with Gasteiger partial charge in [0.15, 0.2) is 0 Å². The Labute approximate surface area is 203 Å². The maximum Gasteiger partial charge on any atom is 0.123 e. The van der Waals surface area contributed by atoms with Crippen LogP contribution in [-0.4, -0.2) is 51.9 Å². The highest BCUT2D eigenvalue weighted by Gasteiger charge is 2.03. The summed E-state index contributed by atoms with van der Waals surface area (Å²) in [5.74, 6) is 0.976. The van der Waals surface area contributed by atoms with E-state index in [1.165, 1.54) is 77.0 Å². The van der Waals surface area contributed by atoms with Crippen LogP contribution in [0.2, 0.25) is 0 Å². The second-order valence-electron chi connectivity index (χ2n) is 8.89. The van der Waals surface area contributed by atoms with E-state index in [9.17, 15) is 5.11 Å². The molecule has 0 bridgehead atoms. The van der Waals surface area contributed by atoms with Crippen molar-refractivity contribution in [1.82, 2.24) is 0 Å². The first-order chi connectivity index (χ1) is 16.3. The Hall–Kier alpha value is -1.30. The summed E-state index contributed by atoms with van der Waals surface area (Å²) in [4.78, 5) is 0. The fourth-order valence-electron chi connectivity index (χ4n) is 3.90. The predicted molar refractivity (Wildman–Crippen MR) is 137 cm³/mol. The van der Waals surface area contributed by atoms with Crippen molar-refractivity contribution in [2.75, 3.05) is 46.8 Å². The van der Waals surface area contributed by atoms with Gasteiger partial charge in [-0.1, -0.05) is 84.0 Å². The summed E-state index contributed by atoms with van der Waals surface area (Å²) in [7, 11) is 1.66. The third kappa shape index (κ3) is 18.8. The zero-order valence-corrected chi connectivity index (χ0v) is 21.5. The Morgan fingerprint density at radius 3 is 1.70 bits per heavy atom. The van der Waals surface area contributed by atoms with Gasteiger partial charge in [-0.25, -0.2) is 0 Å². The van der Waals surface area contributed by atoms with Crippen LogP contribution in [0.1, 0.15) is 96.0 Å². The van der Waals surface area contributed by atoms with Crippen molar-refractivity contribution in [2.24, 2.45) is 0 Å². The topological polar surface area (TPSA) is 57.2 Å². The van der Waals surface area contributed by atoms with Gasteiger partial charge in [0.25, 0.3) is 0 Å². The molecule has 5 nitrogen and oxygen atoms in total. The molecule has 1 N–H and O–H groups in total. The Balaban J connectivity index is 2.01. The monoisotopic (exact) mass is 466 g/mol. The Kier molecular flexibility index (Phi) is 20.3. The molecule has 0 spiro atoms. The number of methoxy groups -OCH3 is 1. The molecule has 0 fully saturated rings. The Morgan fingerprint density at radius 2 is 1.12 bits per heavy atom. The van der Waals surface area contributed by atoms with Gasteiger partial charge >= 0.3 is 0 Å². The standard InChI is InChI=1S/C28H50O5/c1-3-4-5-6-7-8-9-10-11-12-13-14-15-16-26-23-27(29)25-28(24-26)33-22-21-32-20-19-31-18-17-30-2/h23-25,29H,3-22H2,1-2H3.